The van der Waals surface area contributed by atoms with Crippen LogP contribution in [0.2, 0.25) is 0 Å². The van der Waals surface area contributed by atoms with Crippen LogP contribution in [0.5, 0.6) is 0 Å². The molecule has 0 aliphatic heterocycles. The van der Waals surface area contributed by atoms with Gasteiger partial charge in [0.05, 0.1) is 6.42 Å². The maximum Gasteiger partial charge on any atom is 0.228 e. The fraction of sp³-hybridized carbons (Fsp3) is 0.111. The monoisotopic (exact) mass is 148 g/mol. The standard InChI is InChI=1S/C9H10NO/c1-10-9(11)7-8-5-3-2-4-6-8/h2-7H,1H3,(H,10,11). The Kier molecular flexibility index (Phi) is 2.66. The second kappa shape index (κ2) is 3.76. The van der Waals surface area contributed by atoms with Gasteiger partial charge in [-0.25, -0.2) is 0 Å². The van der Waals surface area contributed by atoms with Crippen molar-refractivity contribution in [3.63, 3.8) is 0 Å². The molecule has 0 unspecified atom stereocenters. The van der Waals surface area contributed by atoms with Gasteiger partial charge in [-0.3, -0.25) is 4.79 Å². The Morgan fingerprint density at radius 1 is 1.36 bits per heavy atom. The zero-order valence-electron chi connectivity index (χ0n) is 6.37. The number of carbonyl (C=O) groups excluding carboxylic acids is 1. The van der Waals surface area contributed by atoms with Crippen molar-refractivity contribution in [1.82, 2.24) is 5.32 Å². The normalized spacial score (nSPS) is 9.18. The Morgan fingerprint density at radius 3 is 2.55 bits per heavy atom. The van der Waals surface area contributed by atoms with E-state index in [1.165, 1.54) is 0 Å². The largest absolute Gasteiger partial charge is 0.359 e. The third kappa shape index (κ3) is 2.42. The minimum atomic E-state index is -0.0730. The Bertz CT molecular complexity index is 231. The lowest BCUT2D eigenvalue weighted by molar-refractivity contribution is -0.117. The molecule has 1 rings (SSSR count). The molecule has 0 aliphatic carbocycles. The summed E-state index contributed by atoms with van der Waals surface area (Å²) in [6.45, 7) is 0. The van der Waals surface area contributed by atoms with Crippen LogP contribution >= 0.6 is 0 Å². The zero-order valence-corrected chi connectivity index (χ0v) is 6.37. The maximum atomic E-state index is 10.8. The number of rotatable bonds is 2. The lowest BCUT2D eigenvalue weighted by Gasteiger charge is -1.97. The van der Waals surface area contributed by atoms with Gasteiger partial charge in [0.1, 0.15) is 0 Å². The summed E-state index contributed by atoms with van der Waals surface area (Å²) in [4.78, 5) is 10.8. The zero-order chi connectivity index (χ0) is 8.10. The third-order valence-electron chi connectivity index (χ3n) is 1.34. The van der Waals surface area contributed by atoms with Crippen molar-refractivity contribution in [1.29, 1.82) is 0 Å². The van der Waals surface area contributed by atoms with Crippen molar-refractivity contribution < 1.29 is 4.79 Å². The van der Waals surface area contributed by atoms with E-state index in [1.807, 2.05) is 30.3 Å². The lowest BCUT2D eigenvalue weighted by Crippen LogP contribution is -2.18. The molecule has 2 heteroatoms. The summed E-state index contributed by atoms with van der Waals surface area (Å²) < 4.78 is 0. The molecular weight excluding hydrogens is 138 g/mol. The first kappa shape index (κ1) is 7.79. The van der Waals surface area contributed by atoms with E-state index in [0.717, 1.165) is 5.56 Å². The van der Waals surface area contributed by atoms with Gasteiger partial charge in [0, 0.05) is 7.05 Å². The molecule has 1 N–H and O–H groups in total. The van der Waals surface area contributed by atoms with Crippen molar-refractivity contribution in [2.75, 3.05) is 7.05 Å². The summed E-state index contributed by atoms with van der Waals surface area (Å²) in [7, 11) is 1.61. The fourth-order valence-electron chi connectivity index (χ4n) is 0.773. The van der Waals surface area contributed by atoms with Crippen molar-refractivity contribution in [3.05, 3.63) is 42.3 Å². The number of benzene rings is 1. The smallest absolute Gasteiger partial charge is 0.228 e. The first-order valence-electron chi connectivity index (χ1n) is 3.44. The van der Waals surface area contributed by atoms with Crippen molar-refractivity contribution in [2.24, 2.45) is 0 Å². The number of nitrogens with one attached hydrogen (secondary N) is 1. The predicted octanol–water partition coefficient (Wildman–Crippen LogP) is 0.985. The average molecular weight is 148 g/mol. The molecule has 11 heavy (non-hydrogen) atoms. The van der Waals surface area contributed by atoms with E-state index in [-0.39, 0.29) is 5.91 Å². The van der Waals surface area contributed by atoms with Crippen LogP contribution in [0.25, 0.3) is 0 Å². The van der Waals surface area contributed by atoms with E-state index in [2.05, 4.69) is 5.32 Å². The second-order valence-corrected chi connectivity index (χ2v) is 2.17. The summed E-state index contributed by atoms with van der Waals surface area (Å²) in [5.74, 6) is -0.0730. The van der Waals surface area contributed by atoms with Crippen LogP contribution in [0.4, 0.5) is 0 Å². The SMILES string of the molecule is CNC(=O)[CH]c1ccccc1. The van der Waals surface area contributed by atoms with Gasteiger partial charge >= 0.3 is 0 Å². The molecule has 0 saturated carbocycles. The molecule has 1 aromatic carbocycles. The molecule has 0 heterocycles. The van der Waals surface area contributed by atoms with Gasteiger partial charge < -0.3 is 5.32 Å². The molecule has 0 bridgehead atoms. The number of likely N-dealkylation sites (N-methyl/N-ethyl adjacent to an activating group) is 1. The van der Waals surface area contributed by atoms with Crippen LogP contribution in [-0.2, 0) is 4.79 Å². The van der Waals surface area contributed by atoms with Gasteiger partial charge in [0.25, 0.3) is 0 Å². The second-order valence-electron chi connectivity index (χ2n) is 2.17. The minimum Gasteiger partial charge on any atom is -0.359 e. The van der Waals surface area contributed by atoms with Crippen LogP contribution in [0.1, 0.15) is 5.56 Å². The van der Waals surface area contributed by atoms with Crippen molar-refractivity contribution >= 4 is 5.91 Å². The average Bonchev–Trinajstić information content (AvgIpc) is 2.06. The first-order chi connectivity index (χ1) is 5.33. The van der Waals surface area contributed by atoms with Crippen LogP contribution in [-0.4, -0.2) is 13.0 Å². The molecule has 1 amide bonds. The molecule has 0 saturated heterocycles. The summed E-state index contributed by atoms with van der Waals surface area (Å²) in [5, 5.41) is 2.52. The summed E-state index contributed by atoms with van der Waals surface area (Å²) in [6, 6.07) is 9.48. The van der Waals surface area contributed by atoms with Crippen LogP contribution < -0.4 is 5.32 Å². The third-order valence-corrected chi connectivity index (χ3v) is 1.34. The Hall–Kier alpha value is -1.31. The van der Waals surface area contributed by atoms with Crippen LogP contribution in [0.15, 0.2) is 30.3 Å². The molecule has 2 nitrogen and oxygen atoms in total. The molecule has 0 fully saturated rings. The molecule has 0 spiro atoms. The molecule has 0 aromatic heterocycles. The highest BCUT2D eigenvalue weighted by molar-refractivity contribution is 5.88. The Morgan fingerprint density at radius 2 is 2.00 bits per heavy atom. The first-order valence-corrected chi connectivity index (χ1v) is 3.44. The van der Waals surface area contributed by atoms with Crippen LogP contribution in [0.3, 0.4) is 0 Å². The van der Waals surface area contributed by atoms with Gasteiger partial charge in [0.2, 0.25) is 5.91 Å². The summed E-state index contributed by atoms with van der Waals surface area (Å²) in [5.41, 5.74) is 0.923. The highest BCUT2D eigenvalue weighted by atomic mass is 16.1. The molecule has 1 radical (unpaired) electrons. The predicted molar refractivity (Wildman–Crippen MR) is 43.9 cm³/mol. The van der Waals surface area contributed by atoms with E-state index < -0.39 is 0 Å². The highest BCUT2D eigenvalue weighted by Gasteiger charge is 1.98. The van der Waals surface area contributed by atoms with E-state index in [9.17, 15) is 4.79 Å². The summed E-state index contributed by atoms with van der Waals surface area (Å²) >= 11 is 0. The number of hydrogen-bond acceptors (Lipinski definition) is 1. The van der Waals surface area contributed by atoms with E-state index in [4.69, 9.17) is 0 Å². The molecule has 1 aromatic rings. The topological polar surface area (TPSA) is 29.1 Å². The number of amides is 1. The molecule has 0 atom stereocenters. The Balaban J connectivity index is 2.58. The summed E-state index contributed by atoms with van der Waals surface area (Å²) in [6.07, 6.45) is 1.56. The quantitative estimate of drug-likeness (QED) is 0.665. The van der Waals surface area contributed by atoms with Crippen molar-refractivity contribution in [3.8, 4) is 0 Å². The van der Waals surface area contributed by atoms with E-state index >= 15 is 0 Å². The fourth-order valence-corrected chi connectivity index (χ4v) is 0.773. The minimum absolute atomic E-state index is 0.0730. The van der Waals surface area contributed by atoms with Gasteiger partial charge in [-0.1, -0.05) is 30.3 Å². The van der Waals surface area contributed by atoms with Crippen molar-refractivity contribution in [2.45, 2.75) is 0 Å². The van der Waals surface area contributed by atoms with E-state index in [1.54, 1.807) is 13.5 Å². The number of hydrogen-bond donors (Lipinski definition) is 1. The van der Waals surface area contributed by atoms with E-state index in [0.29, 0.717) is 0 Å². The Labute approximate surface area is 66.2 Å². The van der Waals surface area contributed by atoms with Crippen LogP contribution in [0, 0.1) is 6.42 Å². The molecular formula is C9H10NO. The number of carbonyl (C=O) groups is 1. The van der Waals surface area contributed by atoms with Gasteiger partial charge in [-0.05, 0) is 5.56 Å². The van der Waals surface area contributed by atoms with Gasteiger partial charge in [0.15, 0.2) is 0 Å². The van der Waals surface area contributed by atoms with Gasteiger partial charge in [-0.15, -0.1) is 0 Å². The maximum absolute atomic E-state index is 10.8. The molecule has 0 aliphatic rings. The lowest BCUT2D eigenvalue weighted by atomic mass is 10.1. The van der Waals surface area contributed by atoms with Gasteiger partial charge in [-0.2, -0.15) is 0 Å². The highest BCUT2D eigenvalue weighted by Crippen LogP contribution is 2.00. The molecule has 57 valence electrons.